The van der Waals surface area contributed by atoms with Crippen molar-refractivity contribution >= 4 is 34.2 Å². The second-order valence-corrected chi connectivity index (χ2v) is 7.24. The highest BCUT2D eigenvalue weighted by molar-refractivity contribution is 14.1. The van der Waals surface area contributed by atoms with Gasteiger partial charge in [-0.25, -0.2) is 9.67 Å². The van der Waals surface area contributed by atoms with Gasteiger partial charge >= 0.3 is 0 Å². The Morgan fingerprint density at radius 3 is 2.78 bits per heavy atom. The Kier molecular flexibility index (Phi) is 5.01. The minimum Gasteiger partial charge on any atom is -0.321 e. The predicted molar refractivity (Wildman–Crippen MR) is 112 cm³/mol. The molecule has 1 N–H and O–H groups in total. The van der Waals surface area contributed by atoms with E-state index in [-0.39, 0.29) is 5.91 Å². The smallest absolute Gasteiger partial charge is 0.272 e. The first kappa shape index (κ1) is 17.5. The van der Waals surface area contributed by atoms with Gasteiger partial charge in [0.1, 0.15) is 18.3 Å². The highest BCUT2D eigenvalue weighted by Gasteiger charge is 2.13. The first-order valence-corrected chi connectivity index (χ1v) is 9.43. The lowest BCUT2D eigenvalue weighted by Crippen LogP contribution is -2.16. The predicted octanol–water partition coefficient (Wildman–Crippen LogP) is 3.97. The van der Waals surface area contributed by atoms with Crippen molar-refractivity contribution in [3.8, 4) is 5.69 Å². The van der Waals surface area contributed by atoms with E-state index in [9.17, 15) is 4.79 Å². The maximum atomic E-state index is 12.8. The zero-order chi connectivity index (χ0) is 18.6. The zero-order valence-corrected chi connectivity index (χ0v) is 16.4. The Hall–Kier alpha value is -2.94. The average molecular weight is 469 g/mol. The summed E-state index contributed by atoms with van der Waals surface area (Å²) in [6.45, 7) is 0.600. The number of hydrogen-bond donors (Lipinski definition) is 1. The molecule has 0 aliphatic carbocycles. The number of aromatic nitrogens is 4. The van der Waals surface area contributed by atoms with Crippen molar-refractivity contribution in [2.75, 3.05) is 5.32 Å². The maximum absolute atomic E-state index is 12.8. The third-order valence-electron chi connectivity index (χ3n) is 4.06. The minimum absolute atomic E-state index is 0.156. The summed E-state index contributed by atoms with van der Waals surface area (Å²) in [6.07, 6.45) is 5.06. The molecular weight excluding hydrogens is 453 g/mol. The van der Waals surface area contributed by atoms with E-state index in [1.165, 1.54) is 6.33 Å². The summed E-state index contributed by atoms with van der Waals surface area (Å²) in [5.74, 6) is -0.156. The molecule has 4 rings (SSSR count). The molecule has 0 fully saturated rings. The summed E-state index contributed by atoms with van der Waals surface area (Å²) in [4.78, 5) is 16.8. The van der Waals surface area contributed by atoms with Crippen LogP contribution in [-0.2, 0) is 6.54 Å². The fourth-order valence-electron chi connectivity index (χ4n) is 2.86. The van der Waals surface area contributed by atoms with Crippen LogP contribution in [0.2, 0.25) is 0 Å². The average Bonchev–Trinajstić information content (AvgIpc) is 3.34. The van der Waals surface area contributed by atoms with Gasteiger partial charge in [-0.3, -0.25) is 4.79 Å². The van der Waals surface area contributed by atoms with Gasteiger partial charge in [-0.05, 0) is 70.6 Å². The third-order valence-corrected chi connectivity index (χ3v) is 4.73. The third kappa shape index (κ3) is 4.08. The SMILES string of the molecule is O=C(Nc1cccc(Cn2cncn2)c1)c1cccn1-c1cccc(I)c1. The van der Waals surface area contributed by atoms with Crippen molar-refractivity contribution < 1.29 is 4.79 Å². The van der Waals surface area contributed by atoms with Gasteiger partial charge in [-0.2, -0.15) is 5.10 Å². The van der Waals surface area contributed by atoms with Crippen molar-refractivity contribution in [1.82, 2.24) is 19.3 Å². The molecule has 0 saturated carbocycles. The number of carbonyl (C=O) groups excluding carboxylic acids is 1. The Bertz CT molecular complexity index is 1070. The molecule has 0 aliphatic heterocycles. The van der Waals surface area contributed by atoms with E-state index in [0.29, 0.717) is 12.2 Å². The molecule has 0 bridgehead atoms. The van der Waals surface area contributed by atoms with Crippen LogP contribution in [0, 0.1) is 3.57 Å². The van der Waals surface area contributed by atoms with Gasteiger partial charge in [0, 0.05) is 21.1 Å². The molecule has 2 aromatic heterocycles. The fourth-order valence-corrected chi connectivity index (χ4v) is 3.39. The number of nitrogens with zero attached hydrogens (tertiary/aromatic N) is 4. The van der Waals surface area contributed by atoms with Crippen LogP contribution in [0.3, 0.4) is 0 Å². The van der Waals surface area contributed by atoms with Crippen molar-refractivity contribution in [2.45, 2.75) is 6.54 Å². The summed E-state index contributed by atoms with van der Waals surface area (Å²) in [6, 6.07) is 19.4. The van der Waals surface area contributed by atoms with Crippen LogP contribution in [0.25, 0.3) is 5.69 Å². The molecule has 0 aliphatic rings. The van der Waals surface area contributed by atoms with Crippen LogP contribution in [0.1, 0.15) is 16.1 Å². The zero-order valence-electron chi connectivity index (χ0n) is 14.3. The van der Waals surface area contributed by atoms with E-state index in [1.807, 2.05) is 71.4 Å². The summed E-state index contributed by atoms with van der Waals surface area (Å²) < 4.78 is 4.74. The number of halogens is 1. The van der Waals surface area contributed by atoms with Gasteiger partial charge in [0.05, 0.1) is 6.54 Å². The molecule has 0 saturated heterocycles. The molecule has 6 nitrogen and oxygen atoms in total. The monoisotopic (exact) mass is 469 g/mol. The summed E-state index contributed by atoms with van der Waals surface area (Å²) in [5, 5.41) is 7.09. The van der Waals surface area contributed by atoms with Gasteiger partial charge in [-0.15, -0.1) is 0 Å². The number of anilines is 1. The number of rotatable bonds is 5. The van der Waals surface area contributed by atoms with Gasteiger partial charge < -0.3 is 9.88 Å². The molecule has 1 amide bonds. The van der Waals surface area contributed by atoms with Crippen LogP contribution in [0.4, 0.5) is 5.69 Å². The lowest BCUT2D eigenvalue weighted by atomic mass is 10.2. The van der Waals surface area contributed by atoms with Crippen LogP contribution >= 0.6 is 22.6 Å². The van der Waals surface area contributed by atoms with Crippen LogP contribution in [0.15, 0.2) is 79.5 Å². The number of benzene rings is 2. The standard InChI is InChI=1S/C20H16IN5O/c21-16-5-2-7-18(11-16)26-9-3-8-19(26)20(27)24-17-6-1-4-15(10-17)12-25-14-22-13-23-25/h1-11,13-14H,12H2,(H,24,27). The molecule has 2 aromatic carbocycles. The molecule has 0 atom stereocenters. The minimum atomic E-state index is -0.156. The Balaban J connectivity index is 1.54. The molecule has 7 heteroatoms. The molecular formula is C20H16IN5O. The lowest BCUT2D eigenvalue weighted by Gasteiger charge is -2.11. The molecule has 0 unspecified atom stereocenters. The highest BCUT2D eigenvalue weighted by atomic mass is 127. The van der Waals surface area contributed by atoms with E-state index in [0.717, 1.165) is 20.5 Å². The van der Waals surface area contributed by atoms with Crippen molar-refractivity contribution in [3.05, 3.63) is 94.3 Å². The van der Waals surface area contributed by atoms with Gasteiger partial charge in [0.25, 0.3) is 5.91 Å². The van der Waals surface area contributed by atoms with E-state index in [4.69, 9.17) is 0 Å². The van der Waals surface area contributed by atoms with Crippen LogP contribution in [0.5, 0.6) is 0 Å². The van der Waals surface area contributed by atoms with Crippen LogP contribution in [-0.4, -0.2) is 25.2 Å². The number of nitrogens with one attached hydrogen (secondary N) is 1. The Morgan fingerprint density at radius 1 is 1.07 bits per heavy atom. The number of amides is 1. The molecule has 0 radical (unpaired) electrons. The number of hydrogen-bond acceptors (Lipinski definition) is 3. The second kappa shape index (κ2) is 7.75. The van der Waals surface area contributed by atoms with Crippen molar-refractivity contribution in [3.63, 3.8) is 0 Å². The first-order chi connectivity index (χ1) is 13.2. The number of carbonyl (C=O) groups is 1. The van der Waals surface area contributed by atoms with Crippen molar-refractivity contribution in [2.24, 2.45) is 0 Å². The Morgan fingerprint density at radius 2 is 1.96 bits per heavy atom. The molecule has 134 valence electrons. The van der Waals surface area contributed by atoms with Gasteiger partial charge in [0.2, 0.25) is 0 Å². The molecule has 0 spiro atoms. The molecule has 2 heterocycles. The van der Waals surface area contributed by atoms with E-state index < -0.39 is 0 Å². The summed E-state index contributed by atoms with van der Waals surface area (Å²) in [5.41, 5.74) is 3.31. The van der Waals surface area contributed by atoms with E-state index in [1.54, 1.807) is 11.0 Å². The molecule has 27 heavy (non-hydrogen) atoms. The quantitative estimate of drug-likeness (QED) is 0.450. The van der Waals surface area contributed by atoms with Gasteiger partial charge in [0.15, 0.2) is 0 Å². The summed E-state index contributed by atoms with van der Waals surface area (Å²) >= 11 is 2.26. The molecule has 4 aromatic rings. The van der Waals surface area contributed by atoms with Crippen molar-refractivity contribution in [1.29, 1.82) is 0 Å². The van der Waals surface area contributed by atoms with E-state index in [2.05, 4.69) is 38.0 Å². The fraction of sp³-hybridized carbons (Fsp3) is 0.0500. The first-order valence-electron chi connectivity index (χ1n) is 8.35. The topological polar surface area (TPSA) is 64.7 Å². The van der Waals surface area contributed by atoms with Gasteiger partial charge in [-0.1, -0.05) is 18.2 Å². The van der Waals surface area contributed by atoms with E-state index >= 15 is 0 Å². The Labute approximate surface area is 170 Å². The highest BCUT2D eigenvalue weighted by Crippen LogP contribution is 2.18. The lowest BCUT2D eigenvalue weighted by molar-refractivity contribution is 0.102. The second-order valence-electron chi connectivity index (χ2n) is 5.99. The maximum Gasteiger partial charge on any atom is 0.272 e. The normalized spacial score (nSPS) is 10.7. The largest absolute Gasteiger partial charge is 0.321 e. The van der Waals surface area contributed by atoms with Crippen LogP contribution < -0.4 is 5.32 Å². The summed E-state index contributed by atoms with van der Waals surface area (Å²) in [7, 11) is 0.